The van der Waals surface area contributed by atoms with Crippen molar-refractivity contribution in [2.45, 2.75) is 0 Å². The van der Waals surface area contributed by atoms with Crippen molar-refractivity contribution in [1.82, 2.24) is 0 Å². The van der Waals surface area contributed by atoms with E-state index in [2.05, 4.69) is 21.2 Å². The van der Waals surface area contributed by atoms with E-state index in [1.165, 1.54) is 19.2 Å². The Morgan fingerprint density at radius 1 is 1.20 bits per heavy atom. The van der Waals surface area contributed by atoms with Gasteiger partial charge in [-0.05, 0) is 24.3 Å². The molecule has 0 radical (unpaired) electrons. The van der Waals surface area contributed by atoms with Crippen LogP contribution in [0.25, 0.3) is 0 Å². The molecule has 0 bridgehead atoms. The Balaban J connectivity index is 2.38. The quantitative estimate of drug-likeness (QED) is 0.904. The molecule has 2 rings (SSSR count). The van der Waals surface area contributed by atoms with Gasteiger partial charge in [0.15, 0.2) is 11.6 Å². The molecule has 2 aromatic carbocycles. The van der Waals surface area contributed by atoms with Crippen LogP contribution in [0.15, 0.2) is 34.8 Å². The number of hydrogen-bond donors (Lipinski definition) is 1. The Hall–Kier alpha value is -2.13. The summed E-state index contributed by atoms with van der Waals surface area (Å²) < 4.78 is 33.1. The van der Waals surface area contributed by atoms with Crippen LogP contribution in [0, 0.1) is 23.0 Å². The van der Waals surface area contributed by atoms with Gasteiger partial charge >= 0.3 is 0 Å². The smallest absolute Gasteiger partial charge is 0.183 e. The molecule has 0 aliphatic carbocycles. The summed E-state index contributed by atoms with van der Waals surface area (Å²) >= 11 is 3.29. The van der Waals surface area contributed by atoms with E-state index in [9.17, 15) is 8.78 Å². The molecule has 0 heterocycles. The molecule has 0 atom stereocenters. The van der Waals surface area contributed by atoms with Crippen LogP contribution in [0.4, 0.5) is 20.2 Å². The summed E-state index contributed by atoms with van der Waals surface area (Å²) in [5.41, 5.74) is 0.140. The number of hydrogen-bond acceptors (Lipinski definition) is 3. The lowest BCUT2D eigenvalue weighted by atomic mass is 10.2. The maximum atomic E-state index is 13.8. The first-order valence-electron chi connectivity index (χ1n) is 5.55. The van der Waals surface area contributed by atoms with Crippen LogP contribution in [-0.2, 0) is 0 Å². The maximum absolute atomic E-state index is 13.8. The van der Waals surface area contributed by atoms with Gasteiger partial charge in [-0.3, -0.25) is 0 Å². The van der Waals surface area contributed by atoms with Gasteiger partial charge in [0.2, 0.25) is 0 Å². The van der Waals surface area contributed by atoms with E-state index in [0.717, 1.165) is 4.47 Å². The van der Waals surface area contributed by atoms with Gasteiger partial charge in [0.1, 0.15) is 11.8 Å². The fourth-order valence-corrected chi connectivity index (χ4v) is 2.11. The molecule has 0 saturated heterocycles. The van der Waals surface area contributed by atoms with E-state index < -0.39 is 11.6 Å². The molecule has 2 aromatic rings. The van der Waals surface area contributed by atoms with Gasteiger partial charge in [-0.1, -0.05) is 15.9 Å². The van der Waals surface area contributed by atoms with E-state index in [1.54, 1.807) is 24.3 Å². The first kappa shape index (κ1) is 14.3. The Kier molecular flexibility index (Phi) is 4.20. The second kappa shape index (κ2) is 5.88. The monoisotopic (exact) mass is 338 g/mol. The van der Waals surface area contributed by atoms with E-state index in [0.29, 0.717) is 11.4 Å². The average Bonchev–Trinajstić information content (AvgIpc) is 2.43. The number of nitrogens with zero attached hydrogens (tertiary/aromatic N) is 1. The van der Waals surface area contributed by atoms with Gasteiger partial charge < -0.3 is 10.1 Å². The first-order valence-corrected chi connectivity index (χ1v) is 6.34. The van der Waals surface area contributed by atoms with Crippen LogP contribution in [0.1, 0.15) is 5.56 Å². The normalized spacial score (nSPS) is 9.95. The summed E-state index contributed by atoms with van der Waals surface area (Å²) in [5, 5.41) is 11.4. The molecule has 0 aromatic heterocycles. The number of halogens is 3. The molecule has 0 saturated carbocycles. The summed E-state index contributed by atoms with van der Waals surface area (Å²) in [6.45, 7) is 0. The zero-order chi connectivity index (χ0) is 14.7. The van der Waals surface area contributed by atoms with E-state index in [4.69, 9.17) is 10.00 Å². The highest BCUT2D eigenvalue weighted by molar-refractivity contribution is 9.10. The van der Waals surface area contributed by atoms with E-state index in [1.807, 2.05) is 0 Å². The summed E-state index contributed by atoms with van der Waals surface area (Å²) in [4.78, 5) is 0. The summed E-state index contributed by atoms with van der Waals surface area (Å²) in [6, 6.07) is 9.18. The van der Waals surface area contributed by atoms with E-state index in [-0.39, 0.29) is 11.3 Å². The number of ether oxygens (including phenoxy) is 1. The maximum Gasteiger partial charge on any atom is 0.183 e. The number of anilines is 2. The molecule has 0 aliphatic heterocycles. The van der Waals surface area contributed by atoms with Crippen LogP contribution < -0.4 is 10.1 Å². The van der Waals surface area contributed by atoms with Crippen molar-refractivity contribution in [2.24, 2.45) is 0 Å². The third-order valence-electron chi connectivity index (χ3n) is 2.59. The lowest BCUT2D eigenvalue weighted by Gasteiger charge is -2.10. The van der Waals surface area contributed by atoms with Crippen LogP contribution in [0.3, 0.4) is 0 Å². The second-order valence-electron chi connectivity index (χ2n) is 3.91. The van der Waals surface area contributed by atoms with Gasteiger partial charge in [-0.15, -0.1) is 0 Å². The van der Waals surface area contributed by atoms with Crippen LogP contribution >= 0.6 is 15.9 Å². The second-order valence-corrected chi connectivity index (χ2v) is 4.82. The predicted octanol–water partition coefficient (Wildman–Crippen LogP) is 4.35. The number of methoxy groups -OCH3 is 1. The molecule has 0 amide bonds. The number of nitriles is 1. The molecule has 6 heteroatoms. The Bertz CT molecular complexity index is 698. The predicted molar refractivity (Wildman–Crippen MR) is 75.0 cm³/mol. The van der Waals surface area contributed by atoms with Crippen LogP contribution in [0.5, 0.6) is 5.75 Å². The van der Waals surface area contributed by atoms with Crippen molar-refractivity contribution in [3.63, 3.8) is 0 Å². The van der Waals surface area contributed by atoms with E-state index >= 15 is 0 Å². The minimum atomic E-state index is -1.17. The molecule has 3 nitrogen and oxygen atoms in total. The zero-order valence-corrected chi connectivity index (χ0v) is 12.0. The molecule has 0 unspecified atom stereocenters. The van der Waals surface area contributed by atoms with Crippen LogP contribution in [0.2, 0.25) is 0 Å². The molecular formula is C14H9BrF2N2O. The van der Waals surface area contributed by atoms with Gasteiger partial charge in [-0.2, -0.15) is 5.26 Å². The Morgan fingerprint density at radius 3 is 2.60 bits per heavy atom. The molecule has 0 fully saturated rings. The number of benzene rings is 2. The summed E-state index contributed by atoms with van der Waals surface area (Å²) in [6.07, 6.45) is 0. The molecule has 0 aliphatic rings. The molecule has 102 valence electrons. The minimum Gasteiger partial charge on any atom is -0.497 e. The van der Waals surface area contributed by atoms with Crippen molar-refractivity contribution >= 4 is 27.3 Å². The standard InChI is InChI=1S/C14H9BrF2N2O/c1-20-11-5-9(15)4-10(6-11)19-12-3-2-8(7-18)13(16)14(12)17/h2-6,19H,1H3. The average molecular weight is 339 g/mol. The Labute approximate surface area is 122 Å². The molecule has 1 N–H and O–H groups in total. The van der Waals surface area contributed by atoms with Gasteiger partial charge in [-0.25, -0.2) is 8.78 Å². The third-order valence-corrected chi connectivity index (χ3v) is 3.05. The fourth-order valence-electron chi connectivity index (χ4n) is 1.64. The highest BCUT2D eigenvalue weighted by atomic mass is 79.9. The van der Waals surface area contributed by atoms with Crippen molar-refractivity contribution in [3.8, 4) is 11.8 Å². The lowest BCUT2D eigenvalue weighted by molar-refractivity contribution is 0.415. The van der Waals surface area contributed by atoms with Gasteiger partial charge in [0, 0.05) is 16.2 Å². The number of rotatable bonds is 3. The van der Waals surface area contributed by atoms with Gasteiger partial charge in [0.05, 0.1) is 18.4 Å². The van der Waals surface area contributed by atoms with Crippen molar-refractivity contribution in [1.29, 1.82) is 5.26 Å². The largest absolute Gasteiger partial charge is 0.497 e. The molecular weight excluding hydrogens is 330 g/mol. The van der Waals surface area contributed by atoms with Crippen molar-refractivity contribution < 1.29 is 13.5 Å². The number of nitrogens with one attached hydrogen (secondary N) is 1. The lowest BCUT2D eigenvalue weighted by Crippen LogP contribution is -1.99. The summed E-state index contributed by atoms with van der Waals surface area (Å²) in [5.74, 6) is -1.70. The van der Waals surface area contributed by atoms with Gasteiger partial charge in [0.25, 0.3) is 0 Å². The summed E-state index contributed by atoms with van der Waals surface area (Å²) in [7, 11) is 1.51. The Morgan fingerprint density at radius 2 is 1.95 bits per heavy atom. The molecule has 0 spiro atoms. The third kappa shape index (κ3) is 2.89. The van der Waals surface area contributed by atoms with Crippen LogP contribution in [-0.4, -0.2) is 7.11 Å². The zero-order valence-electron chi connectivity index (χ0n) is 10.4. The van der Waals surface area contributed by atoms with Crippen molar-refractivity contribution in [2.75, 3.05) is 12.4 Å². The highest BCUT2D eigenvalue weighted by Gasteiger charge is 2.13. The SMILES string of the molecule is COc1cc(Br)cc(Nc2ccc(C#N)c(F)c2F)c1. The topological polar surface area (TPSA) is 45.0 Å². The highest BCUT2D eigenvalue weighted by Crippen LogP contribution is 2.29. The van der Waals surface area contributed by atoms with Crippen molar-refractivity contribution in [3.05, 3.63) is 52.0 Å². The minimum absolute atomic E-state index is 0.0540. The molecule has 20 heavy (non-hydrogen) atoms. The fraction of sp³-hybridized carbons (Fsp3) is 0.0714. The first-order chi connectivity index (χ1) is 9.55.